The molecule has 3 rings (SSSR count). The van der Waals surface area contributed by atoms with Gasteiger partial charge in [0.15, 0.2) is 11.5 Å². The Kier molecular flexibility index (Phi) is 3.82. The van der Waals surface area contributed by atoms with Gasteiger partial charge in [0.25, 0.3) is 0 Å². The van der Waals surface area contributed by atoms with Crippen molar-refractivity contribution < 1.29 is 14.2 Å². The minimum absolute atomic E-state index is 0.0887. The van der Waals surface area contributed by atoms with E-state index in [1.165, 1.54) is 0 Å². The highest BCUT2D eigenvalue weighted by molar-refractivity contribution is 6.31. The zero-order valence-electron chi connectivity index (χ0n) is 10.9. The first-order valence-corrected chi connectivity index (χ1v) is 7.05. The van der Waals surface area contributed by atoms with Crippen molar-refractivity contribution in [2.45, 2.75) is 25.0 Å². The molecule has 2 aliphatic heterocycles. The van der Waals surface area contributed by atoms with Crippen LogP contribution in [0.1, 0.15) is 24.4 Å². The summed E-state index contributed by atoms with van der Waals surface area (Å²) in [7, 11) is 1.93. The van der Waals surface area contributed by atoms with Gasteiger partial charge in [-0.25, -0.2) is 0 Å². The van der Waals surface area contributed by atoms with Crippen LogP contribution >= 0.6 is 11.6 Å². The first-order valence-electron chi connectivity index (χ1n) is 6.67. The van der Waals surface area contributed by atoms with Crippen molar-refractivity contribution >= 4 is 11.6 Å². The Morgan fingerprint density at radius 1 is 1.21 bits per heavy atom. The van der Waals surface area contributed by atoms with Crippen LogP contribution in [0.4, 0.5) is 0 Å². The molecule has 2 aliphatic rings. The van der Waals surface area contributed by atoms with Crippen LogP contribution in [0.3, 0.4) is 0 Å². The van der Waals surface area contributed by atoms with E-state index in [4.69, 9.17) is 25.8 Å². The summed E-state index contributed by atoms with van der Waals surface area (Å²) in [4.78, 5) is 0. The van der Waals surface area contributed by atoms with Crippen LogP contribution in [0, 0.1) is 0 Å². The van der Waals surface area contributed by atoms with Crippen molar-refractivity contribution in [3.05, 3.63) is 22.7 Å². The van der Waals surface area contributed by atoms with Gasteiger partial charge in [-0.2, -0.15) is 0 Å². The number of rotatable bonds is 3. The second-order valence-electron chi connectivity index (χ2n) is 4.84. The van der Waals surface area contributed by atoms with Crippen LogP contribution in [0.25, 0.3) is 0 Å². The van der Waals surface area contributed by atoms with E-state index < -0.39 is 0 Å². The van der Waals surface area contributed by atoms with Gasteiger partial charge in [-0.3, -0.25) is 0 Å². The van der Waals surface area contributed by atoms with Gasteiger partial charge in [0.05, 0.1) is 12.1 Å². The van der Waals surface area contributed by atoms with Crippen LogP contribution in [-0.4, -0.2) is 33.0 Å². The van der Waals surface area contributed by atoms with Crippen molar-refractivity contribution in [2.75, 3.05) is 26.9 Å². The maximum atomic E-state index is 6.38. The van der Waals surface area contributed by atoms with Crippen molar-refractivity contribution in [3.8, 4) is 11.5 Å². The van der Waals surface area contributed by atoms with E-state index in [9.17, 15) is 0 Å². The van der Waals surface area contributed by atoms with Crippen molar-refractivity contribution in [1.82, 2.24) is 5.32 Å². The fraction of sp³-hybridized carbons (Fsp3) is 0.571. The van der Waals surface area contributed by atoms with E-state index in [2.05, 4.69) is 5.32 Å². The van der Waals surface area contributed by atoms with E-state index in [1.807, 2.05) is 19.2 Å². The predicted octanol–water partition coefficient (Wildman–Crippen LogP) is 2.55. The molecule has 2 unspecified atom stereocenters. The normalized spacial score (nSPS) is 23.4. The molecule has 0 bridgehead atoms. The Morgan fingerprint density at radius 2 is 1.95 bits per heavy atom. The van der Waals surface area contributed by atoms with Crippen LogP contribution in [0.2, 0.25) is 5.02 Å². The van der Waals surface area contributed by atoms with Crippen LogP contribution in [0.15, 0.2) is 12.1 Å². The summed E-state index contributed by atoms with van der Waals surface area (Å²) in [5.41, 5.74) is 1.01. The topological polar surface area (TPSA) is 39.7 Å². The van der Waals surface area contributed by atoms with Gasteiger partial charge >= 0.3 is 0 Å². The lowest BCUT2D eigenvalue weighted by Gasteiger charge is -2.26. The highest BCUT2D eigenvalue weighted by atomic mass is 35.5. The van der Waals surface area contributed by atoms with E-state index in [-0.39, 0.29) is 12.1 Å². The number of fused-ring (bicyclic) bond motifs is 1. The van der Waals surface area contributed by atoms with Crippen molar-refractivity contribution in [2.24, 2.45) is 0 Å². The Labute approximate surface area is 118 Å². The first kappa shape index (κ1) is 13.0. The molecule has 0 amide bonds. The third kappa shape index (κ3) is 2.53. The Morgan fingerprint density at radius 3 is 2.58 bits per heavy atom. The maximum Gasteiger partial charge on any atom is 0.162 e. The molecule has 4 nitrogen and oxygen atoms in total. The SMILES string of the molecule is CNC(c1cc2c(cc1Cl)OCCO2)C1CCCO1. The molecule has 0 saturated carbocycles. The van der Waals surface area contributed by atoms with E-state index in [1.54, 1.807) is 0 Å². The van der Waals surface area contributed by atoms with Gasteiger partial charge < -0.3 is 19.5 Å². The van der Waals surface area contributed by atoms with Crippen LogP contribution in [0.5, 0.6) is 11.5 Å². The molecule has 1 N–H and O–H groups in total. The summed E-state index contributed by atoms with van der Waals surface area (Å²) < 4.78 is 16.9. The Hall–Kier alpha value is -0.970. The quantitative estimate of drug-likeness (QED) is 0.925. The number of halogens is 1. The Balaban J connectivity index is 1.93. The molecule has 2 atom stereocenters. The zero-order valence-corrected chi connectivity index (χ0v) is 11.7. The number of nitrogens with one attached hydrogen (secondary N) is 1. The summed E-state index contributed by atoms with van der Waals surface area (Å²) in [5.74, 6) is 1.49. The lowest BCUT2D eigenvalue weighted by Crippen LogP contribution is -2.29. The number of benzene rings is 1. The largest absolute Gasteiger partial charge is 0.486 e. The van der Waals surface area contributed by atoms with Gasteiger partial charge in [-0.1, -0.05) is 11.6 Å². The van der Waals surface area contributed by atoms with E-state index >= 15 is 0 Å². The molecule has 1 aromatic rings. The standard InChI is InChI=1S/C14H18ClNO3/c1-16-14(11-3-2-4-17-11)9-7-12-13(8-10(9)15)19-6-5-18-12/h7-8,11,14,16H,2-6H2,1H3. The lowest BCUT2D eigenvalue weighted by molar-refractivity contribution is 0.0805. The average Bonchev–Trinajstić information content (AvgIpc) is 2.94. The van der Waals surface area contributed by atoms with E-state index in [0.717, 1.165) is 36.5 Å². The Bertz CT molecular complexity index is 460. The van der Waals surface area contributed by atoms with Gasteiger partial charge in [0.1, 0.15) is 13.2 Å². The highest BCUT2D eigenvalue weighted by Gasteiger charge is 2.29. The molecule has 1 aromatic carbocycles. The summed E-state index contributed by atoms with van der Waals surface area (Å²) in [6, 6.07) is 3.90. The van der Waals surface area contributed by atoms with Gasteiger partial charge in [-0.15, -0.1) is 0 Å². The first-order chi connectivity index (χ1) is 9.29. The number of ether oxygens (including phenoxy) is 3. The summed E-state index contributed by atoms with van der Waals surface area (Å²) in [6.07, 6.45) is 2.33. The van der Waals surface area contributed by atoms with Crippen molar-refractivity contribution in [3.63, 3.8) is 0 Å². The third-order valence-electron chi connectivity index (χ3n) is 3.64. The van der Waals surface area contributed by atoms with Gasteiger partial charge in [0.2, 0.25) is 0 Å². The molecule has 0 spiro atoms. The summed E-state index contributed by atoms with van der Waals surface area (Å²) in [5, 5.41) is 4.00. The summed E-state index contributed by atoms with van der Waals surface area (Å²) in [6.45, 7) is 1.98. The van der Waals surface area contributed by atoms with Crippen molar-refractivity contribution in [1.29, 1.82) is 0 Å². The second kappa shape index (κ2) is 5.57. The molecule has 1 saturated heterocycles. The molecular weight excluding hydrogens is 266 g/mol. The lowest BCUT2D eigenvalue weighted by atomic mass is 9.98. The zero-order chi connectivity index (χ0) is 13.2. The highest BCUT2D eigenvalue weighted by Crippen LogP contribution is 2.39. The molecule has 5 heteroatoms. The minimum Gasteiger partial charge on any atom is -0.486 e. The smallest absolute Gasteiger partial charge is 0.162 e. The second-order valence-corrected chi connectivity index (χ2v) is 5.24. The molecule has 19 heavy (non-hydrogen) atoms. The fourth-order valence-electron chi connectivity index (χ4n) is 2.73. The number of hydrogen-bond donors (Lipinski definition) is 1. The van der Waals surface area contributed by atoms with Crippen LogP contribution < -0.4 is 14.8 Å². The monoisotopic (exact) mass is 283 g/mol. The molecule has 1 fully saturated rings. The molecule has 0 radical (unpaired) electrons. The maximum absolute atomic E-state index is 6.38. The molecule has 2 heterocycles. The van der Waals surface area contributed by atoms with Gasteiger partial charge in [-0.05, 0) is 31.5 Å². The average molecular weight is 284 g/mol. The predicted molar refractivity (Wildman–Crippen MR) is 73.2 cm³/mol. The summed E-state index contributed by atoms with van der Waals surface area (Å²) >= 11 is 6.38. The molecule has 0 aromatic heterocycles. The molecule has 0 aliphatic carbocycles. The molecular formula is C14H18ClNO3. The fourth-order valence-corrected chi connectivity index (χ4v) is 3.00. The van der Waals surface area contributed by atoms with Crippen LogP contribution in [-0.2, 0) is 4.74 Å². The third-order valence-corrected chi connectivity index (χ3v) is 3.97. The number of hydrogen-bond acceptors (Lipinski definition) is 4. The van der Waals surface area contributed by atoms with E-state index in [0.29, 0.717) is 18.2 Å². The molecule has 104 valence electrons. The van der Waals surface area contributed by atoms with Gasteiger partial charge in [0, 0.05) is 17.7 Å². The minimum atomic E-state index is 0.0887. The number of likely N-dealkylation sites (N-methyl/N-ethyl adjacent to an activating group) is 1.